The zero-order valence-corrected chi connectivity index (χ0v) is 7.98. The Balaban J connectivity index is 2.08. The molecule has 0 spiro atoms. The monoisotopic (exact) mass is 187 g/mol. The second-order valence-electron chi connectivity index (χ2n) is 3.87. The van der Waals surface area contributed by atoms with Gasteiger partial charge in [-0.05, 0) is 29.9 Å². The van der Waals surface area contributed by atoms with Gasteiger partial charge in [0, 0.05) is 0 Å². The van der Waals surface area contributed by atoms with Crippen LogP contribution in [0.2, 0.25) is 0 Å². The van der Waals surface area contributed by atoms with E-state index in [2.05, 4.69) is 12.1 Å². The van der Waals surface area contributed by atoms with Crippen LogP contribution in [-0.2, 0) is 12.8 Å². The van der Waals surface area contributed by atoms with E-state index in [4.69, 9.17) is 5.26 Å². The van der Waals surface area contributed by atoms with E-state index in [-0.39, 0.29) is 12.3 Å². The van der Waals surface area contributed by atoms with Crippen LogP contribution < -0.4 is 0 Å². The molecular weight excluding hydrogens is 174 g/mol. The first-order chi connectivity index (χ1) is 6.81. The third kappa shape index (κ3) is 1.64. The predicted octanol–water partition coefficient (Wildman–Crippen LogP) is 1.68. The molecule has 0 heterocycles. The zero-order valence-electron chi connectivity index (χ0n) is 7.98. The van der Waals surface area contributed by atoms with Crippen molar-refractivity contribution in [2.75, 3.05) is 0 Å². The summed E-state index contributed by atoms with van der Waals surface area (Å²) in [5.41, 5.74) is 2.66. The van der Waals surface area contributed by atoms with Gasteiger partial charge in [0.1, 0.15) is 0 Å². The molecule has 0 saturated carbocycles. The van der Waals surface area contributed by atoms with Crippen LogP contribution in [0, 0.1) is 17.2 Å². The number of aliphatic hydroxyl groups is 1. The van der Waals surface area contributed by atoms with Crippen molar-refractivity contribution in [1.29, 1.82) is 5.26 Å². The smallest absolute Gasteiger partial charge is 0.0704 e. The molecule has 1 aliphatic rings. The van der Waals surface area contributed by atoms with Crippen LogP contribution in [0.3, 0.4) is 0 Å². The van der Waals surface area contributed by atoms with Crippen LogP contribution in [0.4, 0.5) is 0 Å². The molecule has 0 bridgehead atoms. The topological polar surface area (TPSA) is 44.0 Å². The Kier molecular flexibility index (Phi) is 2.51. The van der Waals surface area contributed by atoms with Crippen molar-refractivity contribution in [3.8, 4) is 6.07 Å². The molecular formula is C12H13NO. The van der Waals surface area contributed by atoms with E-state index in [1.807, 2.05) is 18.2 Å². The lowest BCUT2D eigenvalue weighted by atomic mass is 9.97. The fraction of sp³-hybridized carbons (Fsp3) is 0.417. The van der Waals surface area contributed by atoms with E-state index < -0.39 is 6.10 Å². The third-order valence-corrected chi connectivity index (χ3v) is 2.93. The van der Waals surface area contributed by atoms with E-state index in [0.717, 1.165) is 12.8 Å². The molecule has 0 fully saturated rings. The minimum atomic E-state index is -0.465. The van der Waals surface area contributed by atoms with E-state index in [9.17, 15) is 5.11 Å². The van der Waals surface area contributed by atoms with Gasteiger partial charge in [-0.25, -0.2) is 0 Å². The average Bonchev–Trinajstić information content (AvgIpc) is 2.61. The number of rotatable bonds is 2. The van der Waals surface area contributed by atoms with Crippen LogP contribution in [0.1, 0.15) is 17.5 Å². The van der Waals surface area contributed by atoms with Gasteiger partial charge >= 0.3 is 0 Å². The summed E-state index contributed by atoms with van der Waals surface area (Å²) in [5.74, 6) is 0.243. The van der Waals surface area contributed by atoms with Crippen LogP contribution in [-0.4, -0.2) is 11.2 Å². The van der Waals surface area contributed by atoms with Gasteiger partial charge < -0.3 is 5.11 Å². The predicted molar refractivity (Wildman–Crippen MR) is 53.6 cm³/mol. The summed E-state index contributed by atoms with van der Waals surface area (Å²) in [4.78, 5) is 0. The van der Waals surface area contributed by atoms with Gasteiger partial charge in [0.25, 0.3) is 0 Å². The highest BCUT2D eigenvalue weighted by Crippen LogP contribution is 2.29. The molecule has 0 amide bonds. The molecule has 2 rings (SSSR count). The Morgan fingerprint density at radius 2 is 1.93 bits per heavy atom. The number of benzene rings is 1. The quantitative estimate of drug-likeness (QED) is 0.765. The summed E-state index contributed by atoms with van der Waals surface area (Å²) in [7, 11) is 0. The van der Waals surface area contributed by atoms with Gasteiger partial charge in [0.15, 0.2) is 0 Å². The molecule has 0 aliphatic heterocycles. The molecule has 1 aromatic rings. The Morgan fingerprint density at radius 3 is 2.43 bits per heavy atom. The molecule has 2 heteroatoms. The van der Waals surface area contributed by atoms with Gasteiger partial charge in [0.2, 0.25) is 0 Å². The second-order valence-corrected chi connectivity index (χ2v) is 3.87. The molecule has 1 N–H and O–H groups in total. The highest BCUT2D eigenvalue weighted by Gasteiger charge is 2.26. The molecule has 1 aromatic carbocycles. The third-order valence-electron chi connectivity index (χ3n) is 2.93. The first-order valence-electron chi connectivity index (χ1n) is 4.93. The molecule has 1 atom stereocenters. The highest BCUT2D eigenvalue weighted by molar-refractivity contribution is 5.32. The van der Waals surface area contributed by atoms with Crippen molar-refractivity contribution in [1.82, 2.24) is 0 Å². The number of nitriles is 1. The van der Waals surface area contributed by atoms with E-state index in [1.165, 1.54) is 11.1 Å². The molecule has 0 saturated heterocycles. The number of fused-ring (bicyclic) bond motifs is 1. The SMILES string of the molecule is N#CCC(O)C1Cc2ccccc2C1. The summed E-state index contributed by atoms with van der Waals surface area (Å²) in [5, 5.41) is 18.2. The van der Waals surface area contributed by atoms with Gasteiger partial charge in [-0.15, -0.1) is 0 Å². The number of hydrogen-bond donors (Lipinski definition) is 1. The van der Waals surface area contributed by atoms with E-state index in [0.29, 0.717) is 0 Å². The number of nitrogens with zero attached hydrogens (tertiary/aromatic N) is 1. The van der Waals surface area contributed by atoms with Crippen molar-refractivity contribution >= 4 is 0 Å². The summed E-state index contributed by atoms with van der Waals surface area (Å²) < 4.78 is 0. The van der Waals surface area contributed by atoms with E-state index in [1.54, 1.807) is 0 Å². The fourth-order valence-electron chi connectivity index (χ4n) is 2.13. The lowest BCUT2D eigenvalue weighted by Crippen LogP contribution is -2.19. The fourth-order valence-corrected chi connectivity index (χ4v) is 2.13. The number of aliphatic hydroxyl groups excluding tert-OH is 1. The maximum absolute atomic E-state index is 9.70. The van der Waals surface area contributed by atoms with Crippen molar-refractivity contribution in [3.05, 3.63) is 35.4 Å². The molecule has 0 aromatic heterocycles. The minimum absolute atomic E-state index is 0.243. The van der Waals surface area contributed by atoms with Crippen LogP contribution in [0.25, 0.3) is 0 Å². The normalized spacial score (nSPS) is 17.4. The Hall–Kier alpha value is -1.33. The maximum Gasteiger partial charge on any atom is 0.0704 e. The van der Waals surface area contributed by atoms with Crippen LogP contribution in [0.5, 0.6) is 0 Å². The van der Waals surface area contributed by atoms with Crippen molar-refractivity contribution in [3.63, 3.8) is 0 Å². The van der Waals surface area contributed by atoms with Gasteiger partial charge in [-0.1, -0.05) is 24.3 Å². The average molecular weight is 187 g/mol. The zero-order chi connectivity index (χ0) is 9.97. The van der Waals surface area contributed by atoms with Crippen molar-refractivity contribution < 1.29 is 5.11 Å². The van der Waals surface area contributed by atoms with Gasteiger partial charge in [0.05, 0.1) is 18.6 Å². The van der Waals surface area contributed by atoms with E-state index >= 15 is 0 Å². The Labute approximate surface area is 83.8 Å². The first-order valence-corrected chi connectivity index (χ1v) is 4.93. The van der Waals surface area contributed by atoms with Crippen LogP contribution >= 0.6 is 0 Å². The lowest BCUT2D eigenvalue weighted by molar-refractivity contribution is 0.117. The molecule has 72 valence electrons. The highest BCUT2D eigenvalue weighted by atomic mass is 16.3. The molecule has 1 aliphatic carbocycles. The number of hydrogen-bond acceptors (Lipinski definition) is 2. The van der Waals surface area contributed by atoms with Gasteiger partial charge in [-0.2, -0.15) is 5.26 Å². The Morgan fingerprint density at radius 1 is 1.36 bits per heavy atom. The molecule has 2 nitrogen and oxygen atoms in total. The lowest BCUT2D eigenvalue weighted by Gasteiger charge is -2.13. The summed E-state index contributed by atoms with van der Waals surface area (Å²) >= 11 is 0. The summed E-state index contributed by atoms with van der Waals surface area (Å²) in [6, 6.07) is 10.3. The molecule has 14 heavy (non-hydrogen) atoms. The Bertz CT molecular complexity index is 342. The summed E-state index contributed by atoms with van der Waals surface area (Å²) in [6.45, 7) is 0. The molecule has 1 unspecified atom stereocenters. The van der Waals surface area contributed by atoms with Crippen LogP contribution in [0.15, 0.2) is 24.3 Å². The second kappa shape index (κ2) is 3.81. The van der Waals surface area contributed by atoms with Gasteiger partial charge in [-0.3, -0.25) is 0 Å². The maximum atomic E-state index is 9.70. The standard InChI is InChI=1S/C12H13NO/c13-6-5-12(14)11-7-9-3-1-2-4-10(9)8-11/h1-4,11-12,14H,5,7-8H2. The first kappa shape index (κ1) is 9.23. The summed E-state index contributed by atoms with van der Waals surface area (Å²) in [6.07, 6.45) is 1.61. The molecule has 0 radical (unpaired) electrons. The van der Waals surface area contributed by atoms with Crippen molar-refractivity contribution in [2.24, 2.45) is 5.92 Å². The van der Waals surface area contributed by atoms with Crippen molar-refractivity contribution in [2.45, 2.75) is 25.4 Å². The largest absolute Gasteiger partial charge is 0.392 e. The minimum Gasteiger partial charge on any atom is -0.392 e.